The maximum Gasteiger partial charge on any atom is 0.0881 e. The van der Waals surface area contributed by atoms with Gasteiger partial charge in [-0.05, 0) is 24.1 Å². The third-order valence-corrected chi connectivity index (χ3v) is 3.25. The average molecular weight is 254 g/mol. The second kappa shape index (κ2) is 5.18. The minimum absolute atomic E-state index is 0.828. The molecule has 0 fully saturated rings. The number of rotatable bonds is 5. The van der Waals surface area contributed by atoms with Crippen LogP contribution in [0.15, 0.2) is 42.9 Å². The van der Waals surface area contributed by atoms with E-state index in [2.05, 4.69) is 57.6 Å². The van der Waals surface area contributed by atoms with Crippen LogP contribution >= 0.6 is 0 Å². The van der Waals surface area contributed by atoms with Crippen LogP contribution in [-0.4, -0.2) is 14.8 Å². The molecule has 2 heterocycles. The van der Waals surface area contributed by atoms with Crippen LogP contribution in [0.1, 0.15) is 18.9 Å². The maximum absolute atomic E-state index is 4.08. The number of aromatic amines is 1. The third-order valence-electron chi connectivity index (χ3n) is 3.25. The van der Waals surface area contributed by atoms with E-state index >= 15 is 0 Å². The van der Waals surface area contributed by atoms with E-state index in [1.807, 2.05) is 12.3 Å². The smallest absolute Gasteiger partial charge is 0.0881 e. The summed E-state index contributed by atoms with van der Waals surface area (Å²) < 4.78 is 2.23. The lowest BCUT2D eigenvalue weighted by atomic mass is 10.2. The fraction of sp³-hybridized carbons (Fsp3) is 0.267. The number of nitrogens with one attached hydrogen (secondary N) is 2. The summed E-state index contributed by atoms with van der Waals surface area (Å²) in [5.74, 6) is 0. The summed E-state index contributed by atoms with van der Waals surface area (Å²) in [5.41, 5.74) is 3.46. The van der Waals surface area contributed by atoms with E-state index in [1.165, 1.54) is 5.56 Å². The monoisotopic (exact) mass is 254 g/mol. The zero-order valence-electron chi connectivity index (χ0n) is 11.1. The molecule has 0 spiro atoms. The van der Waals surface area contributed by atoms with E-state index < -0.39 is 0 Å². The van der Waals surface area contributed by atoms with Crippen molar-refractivity contribution >= 4 is 16.6 Å². The van der Waals surface area contributed by atoms with E-state index in [1.54, 1.807) is 0 Å². The quantitative estimate of drug-likeness (QED) is 0.733. The first-order valence-corrected chi connectivity index (χ1v) is 6.67. The number of hydrogen-bond donors (Lipinski definition) is 2. The largest absolute Gasteiger partial charge is 0.379 e. The Morgan fingerprint density at radius 1 is 1.32 bits per heavy atom. The van der Waals surface area contributed by atoms with Crippen molar-refractivity contribution in [3.63, 3.8) is 0 Å². The Morgan fingerprint density at radius 2 is 2.26 bits per heavy atom. The van der Waals surface area contributed by atoms with E-state index in [-0.39, 0.29) is 0 Å². The minimum Gasteiger partial charge on any atom is -0.379 e. The molecule has 0 amide bonds. The molecule has 19 heavy (non-hydrogen) atoms. The van der Waals surface area contributed by atoms with Crippen molar-refractivity contribution < 1.29 is 0 Å². The van der Waals surface area contributed by atoms with Crippen LogP contribution in [-0.2, 0) is 13.1 Å². The van der Waals surface area contributed by atoms with Gasteiger partial charge in [0.15, 0.2) is 0 Å². The number of anilines is 1. The highest BCUT2D eigenvalue weighted by Gasteiger charge is 2.02. The molecule has 0 unspecified atom stereocenters. The minimum atomic E-state index is 0.828. The molecule has 0 aliphatic heterocycles. The molecule has 0 bridgehead atoms. The molecule has 4 heteroatoms. The summed E-state index contributed by atoms with van der Waals surface area (Å²) in [6.45, 7) is 4.10. The summed E-state index contributed by atoms with van der Waals surface area (Å²) >= 11 is 0. The molecule has 1 aromatic carbocycles. The Labute approximate surface area is 112 Å². The van der Waals surface area contributed by atoms with Crippen molar-refractivity contribution in [1.29, 1.82) is 0 Å². The van der Waals surface area contributed by atoms with Crippen LogP contribution in [0.5, 0.6) is 0 Å². The first kappa shape index (κ1) is 11.8. The van der Waals surface area contributed by atoms with Crippen molar-refractivity contribution in [1.82, 2.24) is 14.8 Å². The molecule has 0 radical (unpaired) electrons. The first-order chi connectivity index (χ1) is 9.36. The Hall–Kier alpha value is -2.23. The lowest BCUT2D eigenvalue weighted by Crippen LogP contribution is -1.99. The van der Waals surface area contributed by atoms with Crippen LogP contribution in [0.4, 0.5) is 5.69 Å². The van der Waals surface area contributed by atoms with Gasteiger partial charge in [-0.2, -0.15) is 5.10 Å². The van der Waals surface area contributed by atoms with E-state index in [0.717, 1.165) is 36.1 Å². The molecule has 4 nitrogen and oxygen atoms in total. The van der Waals surface area contributed by atoms with Gasteiger partial charge in [0.05, 0.1) is 17.4 Å². The Balaban J connectivity index is 1.73. The number of hydrogen-bond acceptors (Lipinski definition) is 2. The molecule has 0 aliphatic rings. The van der Waals surface area contributed by atoms with Gasteiger partial charge in [0, 0.05) is 30.9 Å². The SMILES string of the molecule is CCCn1ccc(CNc2cccc3cn[nH]c23)c1. The highest BCUT2D eigenvalue weighted by Crippen LogP contribution is 2.21. The van der Waals surface area contributed by atoms with Crippen molar-refractivity contribution in [3.05, 3.63) is 48.4 Å². The van der Waals surface area contributed by atoms with E-state index in [9.17, 15) is 0 Å². The molecular formula is C15H18N4. The molecule has 3 rings (SSSR count). The van der Waals surface area contributed by atoms with Crippen LogP contribution in [0.25, 0.3) is 10.9 Å². The molecule has 0 saturated carbocycles. The summed E-state index contributed by atoms with van der Waals surface area (Å²) in [7, 11) is 0. The summed E-state index contributed by atoms with van der Waals surface area (Å²) in [4.78, 5) is 0. The summed E-state index contributed by atoms with van der Waals surface area (Å²) in [5, 5.41) is 11.7. The molecule has 2 aromatic heterocycles. The fourth-order valence-electron chi connectivity index (χ4n) is 2.31. The molecule has 2 N–H and O–H groups in total. The van der Waals surface area contributed by atoms with Gasteiger partial charge in [-0.15, -0.1) is 0 Å². The molecular weight excluding hydrogens is 236 g/mol. The van der Waals surface area contributed by atoms with Crippen molar-refractivity contribution in [2.24, 2.45) is 0 Å². The molecule has 3 aromatic rings. The van der Waals surface area contributed by atoms with Crippen LogP contribution in [0.3, 0.4) is 0 Å². The first-order valence-electron chi connectivity index (χ1n) is 6.67. The number of benzene rings is 1. The van der Waals surface area contributed by atoms with Gasteiger partial charge in [0.1, 0.15) is 0 Å². The van der Waals surface area contributed by atoms with Crippen LogP contribution in [0, 0.1) is 0 Å². The summed E-state index contributed by atoms with van der Waals surface area (Å²) in [6, 6.07) is 8.34. The van der Waals surface area contributed by atoms with Gasteiger partial charge >= 0.3 is 0 Å². The lowest BCUT2D eigenvalue weighted by molar-refractivity contribution is 0.682. The average Bonchev–Trinajstić information content (AvgIpc) is 3.05. The van der Waals surface area contributed by atoms with Gasteiger partial charge in [-0.25, -0.2) is 0 Å². The maximum atomic E-state index is 4.08. The standard InChI is InChI=1S/C15H18N4/c1-2-7-19-8-6-12(11-19)9-16-14-5-3-4-13-10-17-18-15(13)14/h3-6,8,10-11,16H,2,7,9H2,1H3,(H,17,18). The third kappa shape index (κ3) is 2.47. The number of aryl methyl sites for hydroxylation is 1. The highest BCUT2D eigenvalue weighted by molar-refractivity contribution is 5.89. The van der Waals surface area contributed by atoms with E-state index in [0.29, 0.717) is 0 Å². The van der Waals surface area contributed by atoms with Crippen LogP contribution < -0.4 is 5.32 Å². The lowest BCUT2D eigenvalue weighted by Gasteiger charge is -2.06. The predicted molar refractivity (Wildman–Crippen MR) is 78.1 cm³/mol. The van der Waals surface area contributed by atoms with Gasteiger partial charge < -0.3 is 9.88 Å². The highest BCUT2D eigenvalue weighted by atomic mass is 15.1. The normalized spacial score (nSPS) is 11.0. The fourth-order valence-corrected chi connectivity index (χ4v) is 2.31. The van der Waals surface area contributed by atoms with Gasteiger partial charge in [0.2, 0.25) is 0 Å². The predicted octanol–water partition coefficient (Wildman–Crippen LogP) is 3.39. The molecule has 0 aliphatic carbocycles. The van der Waals surface area contributed by atoms with Crippen molar-refractivity contribution in [2.75, 3.05) is 5.32 Å². The zero-order chi connectivity index (χ0) is 13.1. The van der Waals surface area contributed by atoms with Gasteiger partial charge in [0.25, 0.3) is 0 Å². The number of fused-ring (bicyclic) bond motifs is 1. The molecule has 0 atom stereocenters. The molecule has 0 saturated heterocycles. The topological polar surface area (TPSA) is 45.6 Å². The molecule has 98 valence electrons. The Kier molecular flexibility index (Phi) is 3.23. The second-order valence-electron chi connectivity index (χ2n) is 4.75. The second-order valence-corrected chi connectivity index (χ2v) is 4.75. The van der Waals surface area contributed by atoms with Crippen LogP contribution in [0.2, 0.25) is 0 Å². The number of para-hydroxylation sites is 1. The Morgan fingerprint density at radius 3 is 3.16 bits per heavy atom. The van der Waals surface area contributed by atoms with Gasteiger partial charge in [-0.3, -0.25) is 5.10 Å². The zero-order valence-corrected chi connectivity index (χ0v) is 11.1. The number of H-pyrrole nitrogens is 1. The van der Waals surface area contributed by atoms with E-state index in [4.69, 9.17) is 0 Å². The Bertz CT molecular complexity index is 665. The van der Waals surface area contributed by atoms with Crippen molar-refractivity contribution in [3.8, 4) is 0 Å². The number of aromatic nitrogens is 3. The van der Waals surface area contributed by atoms with Gasteiger partial charge in [-0.1, -0.05) is 19.1 Å². The summed E-state index contributed by atoms with van der Waals surface area (Å²) in [6.07, 6.45) is 7.34. The van der Waals surface area contributed by atoms with Crippen molar-refractivity contribution in [2.45, 2.75) is 26.4 Å². The number of nitrogens with zero attached hydrogens (tertiary/aromatic N) is 2.